The van der Waals surface area contributed by atoms with Crippen LogP contribution in [0.3, 0.4) is 0 Å². The van der Waals surface area contributed by atoms with Gasteiger partial charge in [0, 0.05) is 5.02 Å². The second-order valence-corrected chi connectivity index (χ2v) is 5.45. The SMILES string of the molecule is CCc1cc(Oc2ccc(C(=O)O)c(Br)c2F)ccc1Cl. The topological polar surface area (TPSA) is 46.5 Å². The van der Waals surface area contributed by atoms with E-state index in [9.17, 15) is 9.18 Å². The van der Waals surface area contributed by atoms with Crippen molar-refractivity contribution in [1.82, 2.24) is 0 Å². The van der Waals surface area contributed by atoms with Crippen LogP contribution in [-0.4, -0.2) is 11.1 Å². The van der Waals surface area contributed by atoms with Gasteiger partial charge in [-0.1, -0.05) is 18.5 Å². The number of halogens is 3. The zero-order valence-electron chi connectivity index (χ0n) is 11.0. The first-order chi connectivity index (χ1) is 9.93. The fourth-order valence-electron chi connectivity index (χ4n) is 1.79. The minimum atomic E-state index is -1.22. The molecule has 0 fully saturated rings. The van der Waals surface area contributed by atoms with E-state index in [0.29, 0.717) is 10.8 Å². The average Bonchev–Trinajstić information content (AvgIpc) is 2.45. The second kappa shape index (κ2) is 6.45. The van der Waals surface area contributed by atoms with E-state index in [1.54, 1.807) is 18.2 Å². The van der Waals surface area contributed by atoms with Crippen molar-refractivity contribution in [3.05, 3.63) is 56.8 Å². The lowest BCUT2D eigenvalue weighted by atomic mass is 10.1. The molecule has 0 aliphatic heterocycles. The Morgan fingerprint density at radius 1 is 1.38 bits per heavy atom. The Balaban J connectivity index is 2.36. The normalized spacial score (nSPS) is 10.5. The summed E-state index contributed by atoms with van der Waals surface area (Å²) in [5, 5.41) is 9.54. The highest BCUT2D eigenvalue weighted by molar-refractivity contribution is 9.10. The third-order valence-corrected chi connectivity index (χ3v) is 4.05. The molecule has 2 rings (SSSR count). The average molecular weight is 374 g/mol. The largest absolute Gasteiger partial charge is 0.478 e. The molecule has 0 unspecified atom stereocenters. The van der Waals surface area contributed by atoms with Gasteiger partial charge < -0.3 is 9.84 Å². The molecule has 2 aromatic carbocycles. The molecule has 0 saturated carbocycles. The van der Waals surface area contributed by atoms with Gasteiger partial charge in [0.15, 0.2) is 11.6 Å². The molecule has 110 valence electrons. The maximum absolute atomic E-state index is 14.1. The molecule has 0 saturated heterocycles. The Bertz CT molecular complexity index is 704. The van der Waals surface area contributed by atoms with Crippen molar-refractivity contribution in [3.8, 4) is 11.5 Å². The summed E-state index contributed by atoms with van der Waals surface area (Å²) in [6.45, 7) is 1.95. The van der Waals surface area contributed by atoms with Crippen molar-refractivity contribution in [2.45, 2.75) is 13.3 Å². The van der Waals surface area contributed by atoms with Crippen LogP contribution in [0.1, 0.15) is 22.8 Å². The molecule has 0 aromatic heterocycles. The van der Waals surface area contributed by atoms with E-state index in [2.05, 4.69) is 15.9 Å². The first kappa shape index (κ1) is 15.8. The van der Waals surface area contributed by atoms with E-state index in [1.807, 2.05) is 6.92 Å². The monoisotopic (exact) mass is 372 g/mol. The number of benzene rings is 2. The van der Waals surface area contributed by atoms with Crippen LogP contribution in [0.2, 0.25) is 5.02 Å². The third-order valence-electron chi connectivity index (χ3n) is 2.90. The number of aryl methyl sites for hydroxylation is 1. The van der Waals surface area contributed by atoms with Crippen LogP contribution < -0.4 is 4.74 Å². The van der Waals surface area contributed by atoms with Crippen LogP contribution in [-0.2, 0) is 6.42 Å². The molecule has 0 radical (unpaired) electrons. The van der Waals surface area contributed by atoms with Gasteiger partial charge in [0.05, 0.1) is 10.0 Å². The summed E-state index contributed by atoms with van der Waals surface area (Å²) in [5.74, 6) is -1.60. The molecular weight excluding hydrogens is 363 g/mol. The van der Waals surface area contributed by atoms with Crippen molar-refractivity contribution in [1.29, 1.82) is 0 Å². The van der Waals surface area contributed by atoms with Crippen molar-refractivity contribution in [2.24, 2.45) is 0 Å². The van der Waals surface area contributed by atoms with Crippen LogP contribution in [0.4, 0.5) is 4.39 Å². The molecule has 1 N–H and O–H groups in total. The first-order valence-electron chi connectivity index (χ1n) is 6.11. The number of ether oxygens (including phenoxy) is 1. The van der Waals surface area contributed by atoms with E-state index >= 15 is 0 Å². The highest BCUT2D eigenvalue weighted by atomic mass is 79.9. The van der Waals surface area contributed by atoms with Gasteiger partial charge in [-0.25, -0.2) is 9.18 Å². The first-order valence-corrected chi connectivity index (χ1v) is 7.28. The smallest absolute Gasteiger partial charge is 0.336 e. The number of hydrogen-bond donors (Lipinski definition) is 1. The van der Waals surface area contributed by atoms with Crippen LogP contribution >= 0.6 is 27.5 Å². The summed E-state index contributed by atoms with van der Waals surface area (Å²) in [4.78, 5) is 10.9. The lowest BCUT2D eigenvalue weighted by Crippen LogP contribution is -2.00. The predicted octanol–water partition coefficient (Wildman–Crippen LogP) is 5.29. The fraction of sp³-hybridized carbons (Fsp3) is 0.133. The minimum absolute atomic E-state index is 0.0590. The quantitative estimate of drug-likeness (QED) is 0.791. The van der Waals surface area contributed by atoms with Gasteiger partial charge >= 0.3 is 5.97 Å². The van der Waals surface area contributed by atoms with E-state index in [-0.39, 0.29) is 15.8 Å². The summed E-state index contributed by atoms with van der Waals surface area (Å²) in [7, 11) is 0. The van der Waals surface area contributed by atoms with Crippen molar-refractivity contribution in [2.75, 3.05) is 0 Å². The van der Waals surface area contributed by atoms with E-state index in [4.69, 9.17) is 21.4 Å². The van der Waals surface area contributed by atoms with Gasteiger partial charge in [-0.05, 0) is 58.2 Å². The summed E-state index contributed by atoms with van der Waals surface area (Å²) in [6.07, 6.45) is 0.722. The van der Waals surface area contributed by atoms with Crippen LogP contribution in [0, 0.1) is 5.82 Å². The standard InChI is InChI=1S/C15H11BrClFO3/c1-2-8-7-9(3-5-11(8)17)21-12-6-4-10(15(19)20)13(16)14(12)18/h3-7H,2H2,1H3,(H,19,20). The molecule has 0 aliphatic rings. The Hall–Kier alpha value is -1.59. The number of carbonyl (C=O) groups is 1. The Kier molecular flexibility index (Phi) is 4.85. The lowest BCUT2D eigenvalue weighted by Gasteiger charge is -2.11. The summed E-state index contributed by atoms with van der Waals surface area (Å²) < 4.78 is 19.4. The highest BCUT2D eigenvalue weighted by Crippen LogP contribution is 2.33. The molecule has 3 nitrogen and oxygen atoms in total. The van der Waals surface area contributed by atoms with Gasteiger partial charge in [0.2, 0.25) is 0 Å². The number of carboxylic acids is 1. The Morgan fingerprint density at radius 3 is 2.71 bits per heavy atom. The summed E-state index contributed by atoms with van der Waals surface area (Å²) >= 11 is 8.94. The highest BCUT2D eigenvalue weighted by Gasteiger charge is 2.17. The summed E-state index contributed by atoms with van der Waals surface area (Å²) in [6, 6.07) is 7.58. The van der Waals surface area contributed by atoms with Gasteiger partial charge in [-0.15, -0.1) is 0 Å². The van der Waals surface area contributed by atoms with Crippen molar-refractivity contribution >= 4 is 33.5 Å². The maximum atomic E-state index is 14.1. The van der Waals surface area contributed by atoms with E-state index in [0.717, 1.165) is 12.0 Å². The molecular formula is C15H11BrClFO3. The van der Waals surface area contributed by atoms with Gasteiger partial charge in [-0.3, -0.25) is 0 Å². The van der Waals surface area contributed by atoms with Crippen LogP contribution in [0.5, 0.6) is 11.5 Å². The number of rotatable bonds is 4. The minimum Gasteiger partial charge on any atom is -0.478 e. The molecule has 21 heavy (non-hydrogen) atoms. The molecule has 2 aromatic rings. The van der Waals surface area contributed by atoms with Crippen LogP contribution in [0.15, 0.2) is 34.8 Å². The molecule has 6 heteroatoms. The number of aromatic carboxylic acids is 1. The van der Waals surface area contributed by atoms with E-state index in [1.165, 1.54) is 12.1 Å². The maximum Gasteiger partial charge on any atom is 0.336 e. The summed E-state index contributed by atoms with van der Waals surface area (Å²) in [5.41, 5.74) is 0.723. The van der Waals surface area contributed by atoms with Crippen LogP contribution in [0.25, 0.3) is 0 Å². The van der Waals surface area contributed by atoms with Gasteiger partial charge in [0.25, 0.3) is 0 Å². The van der Waals surface area contributed by atoms with Crippen molar-refractivity contribution in [3.63, 3.8) is 0 Å². The Morgan fingerprint density at radius 2 is 2.10 bits per heavy atom. The Labute approximate surface area is 134 Å². The van der Waals surface area contributed by atoms with Gasteiger partial charge in [0.1, 0.15) is 5.75 Å². The second-order valence-electron chi connectivity index (χ2n) is 4.25. The predicted molar refractivity (Wildman–Crippen MR) is 82.0 cm³/mol. The molecule has 0 spiro atoms. The zero-order chi connectivity index (χ0) is 15.6. The zero-order valence-corrected chi connectivity index (χ0v) is 13.3. The lowest BCUT2D eigenvalue weighted by molar-refractivity contribution is 0.0695. The molecule has 0 heterocycles. The van der Waals surface area contributed by atoms with Gasteiger partial charge in [-0.2, -0.15) is 0 Å². The molecule has 0 amide bonds. The van der Waals surface area contributed by atoms with Crippen molar-refractivity contribution < 1.29 is 19.0 Å². The molecule has 0 bridgehead atoms. The molecule has 0 atom stereocenters. The number of hydrogen-bond acceptors (Lipinski definition) is 2. The van der Waals surface area contributed by atoms with E-state index < -0.39 is 11.8 Å². The number of carboxylic acid groups (broad SMARTS) is 1. The fourth-order valence-corrected chi connectivity index (χ4v) is 2.54. The third kappa shape index (κ3) is 3.36. The molecule has 0 aliphatic carbocycles.